The van der Waals surface area contributed by atoms with Crippen molar-refractivity contribution in [3.63, 3.8) is 0 Å². The van der Waals surface area contributed by atoms with Crippen LogP contribution in [0.4, 0.5) is 0 Å². The first-order valence-electron chi connectivity index (χ1n) is 13.7. The molecular weight excluding hydrogens is 474 g/mol. The summed E-state index contributed by atoms with van der Waals surface area (Å²) in [6.07, 6.45) is 4.18. The molecule has 206 valence electrons. The van der Waals surface area contributed by atoms with Gasteiger partial charge in [-0.2, -0.15) is 0 Å². The van der Waals surface area contributed by atoms with Crippen molar-refractivity contribution in [2.75, 3.05) is 20.2 Å². The van der Waals surface area contributed by atoms with Gasteiger partial charge < -0.3 is 19.5 Å². The number of para-hydroxylation sites is 1. The molecule has 0 fully saturated rings. The predicted octanol–water partition coefficient (Wildman–Crippen LogP) is 6.45. The van der Waals surface area contributed by atoms with Crippen molar-refractivity contribution >= 4 is 22.7 Å². The van der Waals surface area contributed by atoms with Gasteiger partial charge in [-0.3, -0.25) is 9.59 Å². The molecule has 1 heterocycles. The van der Waals surface area contributed by atoms with Gasteiger partial charge in [-0.25, -0.2) is 0 Å². The molecule has 0 spiro atoms. The molecule has 1 aromatic heterocycles. The van der Waals surface area contributed by atoms with E-state index >= 15 is 0 Å². The van der Waals surface area contributed by atoms with Gasteiger partial charge in [0, 0.05) is 42.7 Å². The Hall–Kier alpha value is -3.28. The van der Waals surface area contributed by atoms with Gasteiger partial charge >= 0.3 is 0 Å². The van der Waals surface area contributed by atoms with E-state index in [1.54, 1.807) is 12.0 Å². The number of hydrogen-bond donors (Lipinski definition) is 1. The van der Waals surface area contributed by atoms with E-state index in [0.29, 0.717) is 19.5 Å². The zero-order chi connectivity index (χ0) is 27.9. The van der Waals surface area contributed by atoms with Crippen LogP contribution in [-0.4, -0.2) is 52.8 Å². The average molecular weight is 520 g/mol. The molecule has 0 aliphatic rings. The third kappa shape index (κ3) is 8.37. The molecular formula is C32H45N3O3. The number of aromatic amines is 1. The second-order valence-corrected chi connectivity index (χ2v) is 12.0. The lowest BCUT2D eigenvalue weighted by Gasteiger charge is -2.32. The van der Waals surface area contributed by atoms with Crippen LogP contribution in [0.5, 0.6) is 5.75 Å². The normalized spacial score (nSPS) is 12.5. The predicted molar refractivity (Wildman–Crippen MR) is 155 cm³/mol. The molecule has 1 N–H and O–H groups in total. The van der Waals surface area contributed by atoms with Gasteiger partial charge in [0.1, 0.15) is 5.75 Å². The summed E-state index contributed by atoms with van der Waals surface area (Å²) in [7, 11) is 1.64. The number of carbonyl (C=O) groups is 2. The standard InChI is InChI=1S/C32H45N3O3/c1-23(2)35(30(36)18-24(3)19-32(4,5)6)22-31(37)34(21-25-12-14-27(38-7)15-13-25)17-16-26-20-33-29-11-9-8-10-28(26)29/h8-15,20,23-24,33H,16-19,21-22H2,1-7H3. The first-order valence-corrected chi connectivity index (χ1v) is 13.7. The molecule has 3 rings (SSSR count). The van der Waals surface area contributed by atoms with E-state index in [0.717, 1.165) is 29.7 Å². The third-order valence-corrected chi connectivity index (χ3v) is 6.94. The van der Waals surface area contributed by atoms with E-state index in [-0.39, 0.29) is 35.7 Å². The van der Waals surface area contributed by atoms with Crippen LogP contribution in [0.2, 0.25) is 0 Å². The van der Waals surface area contributed by atoms with Crippen LogP contribution in [0.1, 0.15) is 65.5 Å². The molecule has 2 amide bonds. The highest BCUT2D eigenvalue weighted by Gasteiger charge is 2.26. The lowest BCUT2D eigenvalue weighted by molar-refractivity contribution is -0.143. The third-order valence-electron chi connectivity index (χ3n) is 6.94. The Labute approximate surface area is 228 Å². The van der Waals surface area contributed by atoms with Crippen LogP contribution >= 0.6 is 0 Å². The number of fused-ring (bicyclic) bond motifs is 1. The molecule has 0 saturated carbocycles. The van der Waals surface area contributed by atoms with E-state index in [4.69, 9.17) is 4.74 Å². The van der Waals surface area contributed by atoms with E-state index in [9.17, 15) is 9.59 Å². The average Bonchev–Trinajstić information content (AvgIpc) is 3.26. The molecule has 3 aromatic rings. The highest BCUT2D eigenvalue weighted by molar-refractivity contribution is 5.85. The van der Waals surface area contributed by atoms with Crippen molar-refractivity contribution in [3.05, 3.63) is 65.9 Å². The SMILES string of the molecule is COc1ccc(CN(CCc2c[nH]c3ccccc23)C(=O)CN(C(=O)CC(C)CC(C)(C)C)C(C)C)cc1. The number of nitrogens with one attached hydrogen (secondary N) is 1. The smallest absolute Gasteiger partial charge is 0.242 e. The molecule has 2 aromatic carbocycles. The van der Waals surface area contributed by atoms with Crippen LogP contribution in [-0.2, 0) is 22.6 Å². The molecule has 0 aliphatic heterocycles. The number of nitrogens with zero attached hydrogens (tertiary/aromatic N) is 2. The highest BCUT2D eigenvalue weighted by Crippen LogP contribution is 2.27. The molecule has 6 nitrogen and oxygen atoms in total. The Morgan fingerprint density at radius 1 is 0.974 bits per heavy atom. The minimum absolute atomic E-state index is 0.0359. The minimum atomic E-state index is -0.0512. The minimum Gasteiger partial charge on any atom is -0.497 e. The summed E-state index contributed by atoms with van der Waals surface area (Å²) in [5.41, 5.74) is 3.46. The number of benzene rings is 2. The first kappa shape index (κ1) is 29.3. The zero-order valence-electron chi connectivity index (χ0n) is 24.2. The second kappa shape index (κ2) is 13.0. The summed E-state index contributed by atoms with van der Waals surface area (Å²) >= 11 is 0. The molecule has 1 unspecified atom stereocenters. The molecule has 1 atom stereocenters. The quantitative estimate of drug-likeness (QED) is 0.299. The highest BCUT2D eigenvalue weighted by atomic mass is 16.5. The summed E-state index contributed by atoms with van der Waals surface area (Å²) in [6.45, 7) is 13.8. The lowest BCUT2D eigenvalue weighted by Crippen LogP contribution is -2.46. The molecule has 0 radical (unpaired) electrons. The van der Waals surface area contributed by atoms with Crippen molar-refractivity contribution in [1.29, 1.82) is 0 Å². The number of carbonyl (C=O) groups excluding carboxylic acids is 2. The van der Waals surface area contributed by atoms with Crippen molar-refractivity contribution in [1.82, 2.24) is 14.8 Å². The van der Waals surface area contributed by atoms with Gasteiger partial charge in [-0.1, -0.05) is 58.0 Å². The number of hydrogen-bond acceptors (Lipinski definition) is 3. The van der Waals surface area contributed by atoms with E-state index in [2.05, 4.69) is 44.8 Å². The molecule has 0 saturated heterocycles. The number of H-pyrrole nitrogens is 1. The summed E-state index contributed by atoms with van der Waals surface area (Å²) in [6, 6.07) is 16.0. The Balaban J connectivity index is 1.76. The van der Waals surface area contributed by atoms with Crippen LogP contribution in [0, 0.1) is 11.3 Å². The van der Waals surface area contributed by atoms with Crippen LogP contribution in [0.3, 0.4) is 0 Å². The van der Waals surface area contributed by atoms with Crippen molar-refractivity contribution in [3.8, 4) is 5.75 Å². The number of amides is 2. The van der Waals surface area contributed by atoms with Gasteiger partial charge in [0.15, 0.2) is 0 Å². The van der Waals surface area contributed by atoms with Gasteiger partial charge in [0.2, 0.25) is 11.8 Å². The van der Waals surface area contributed by atoms with Crippen molar-refractivity contribution < 1.29 is 14.3 Å². The number of ether oxygens (including phenoxy) is 1. The summed E-state index contributed by atoms with van der Waals surface area (Å²) in [4.78, 5) is 34.0. The Bertz CT molecular complexity index is 1190. The number of aromatic nitrogens is 1. The summed E-state index contributed by atoms with van der Waals surface area (Å²) in [5.74, 6) is 1.06. The Morgan fingerprint density at radius 2 is 1.66 bits per heavy atom. The van der Waals surface area contributed by atoms with Gasteiger partial charge in [-0.05, 0) is 67.3 Å². The summed E-state index contributed by atoms with van der Waals surface area (Å²) in [5, 5.41) is 1.18. The van der Waals surface area contributed by atoms with E-state index in [1.807, 2.05) is 61.3 Å². The molecule has 0 bridgehead atoms. The van der Waals surface area contributed by atoms with Gasteiger partial charge in [0.05, 0.1) is 13.7 Å². The molecule has 38 heavy (non-hydrogen) atoms. The van der Waals surface area contributed by atoms with Crippen LogP contribution in [0.15, 0.2) is 54.7 Å². The topological polar surface area (TPSA) is 65.6 Å². The van der Waals surface area contributed by atoms with Crippen molar-refractivity contribution in [2.24, 2.45) is 11.3 Å². The zero-order valence-corrected chi connectivity index (χ0v) is 24.2. The van der Waals surface area contributed by atoms with E-state index < -0.39 is 0 Å². The maximum Gasteiger partial charge on any atom is 0.242 e. The van der Waals surface area contributed by atoms with Gasteiger partial charge in [-0.15, -0.1) is 0 Å². The Morgan fingerprint density at radius 3 is 2.29 bits per heavy atom. The maximum absolute atomic E-state index is 13.7. The van der Waals surface area contributed by atoms with Crippen LogP contribution in [0.25, 0.3) is 10.9 Å². The van der Waals surface area contributed by atoms with E-state index in [1.165, 1.54) is 10.9 Å². The summed E-state index contributed by atoms with van der Waals surface area (Å²) < 4.78 is 5.30. The fourth-order valence-corrected chi connectivity index (χ4v) is 5.17. The van der Waals surface area contributed by atoms with Gasteiger partial charge in [0.25, 0.3) is 0 Å². The first-order chi connectivity index (χ1) is 18.0. The maximum atomic E-state index is 13.7. The fourth-order valence-electron chi connectivity index (χ4n) is 5.17. The van der Waals surface area contributed by atoms with Crippen molar-refractivity contribution in [2.45, 2.75) is 73.4 Å². The number of methoxy groups -OCH3 is 1. The monoisotopic (exact) mass is 519 g/mol. The van der Waals surface area contributed by atoms with Crippen LogP contribution < -0.4 is 4.74 Å². The largest absolute Gasteiger partial charge is 0.497 e. The number of rotatable bonds is 12. The molecule has 0 aliphatic carbocycles. The second-order valence-electron chi connectivity index (χ2n) is 12.0. The fraction of sp³-hybridized carbons (Fsp3) is 0.500. The Kier molecular flexibility index (Phi) is 10.0. The molecule has 6 heteroatoms. The lowest BCUT2D eigenvalue weighted by atomic mass is 9.84.